The van der Waals surface area contributed by atoms with E-state index in [0.717, 1.165) is 16.6 Å². The van der Waals surface area contributed by atoms with E-state index >= 15 is 0 Å². The van der Waals surface area contributed by atoms with Gasteiger partial charge in [-0.25, -0.2) is 0 Å². The van der Waals surface area contributed by atoms with Crippen LogP contribution in [0.25, 0.3) is 0 Å². The van der Waals surface area contributed by atoms with Gasteiger partial charge in [0.2, 0.25) is 0 Å². The second-order valence-electron chi connectivity index (χ2n) is 4.46. The molecule has 0 aliphatic carbocycles. The molecule has 0 saturated carbocycles. The van der Waals surface area contributed by atoms with E-state index in [4.69, 9.17) is 4.65 Å². The molecule has 2 heterocycles. The van der Waals surface area contributed by atoms with Gasteiger partial charge in [0.25, 0.3) is 5.91 Å². The third-order valence-electron chi connectivity index (χ3n) is 3.13. The molecule has 96 valence electrons. The van der Waals surface area contributed by atoms with Crippen molar-refractivity contribution in [1.29, 1.82) is 0 Å². The van der Waals surface area contributed by atoms with Crippen molar-refractivity contribution in [3.8, 4) is 0 Å². The summed E-state index contributed by atoms with van der Waals surface area (Å²) in [4.78, 5) is 12.8. The Morgan fingerprint density at radius 3 is 3.05 bits per heavy atom. The SMILES string of the molecule is Cc1ccsc1C(=O)Nc1ccc2c(c1)B(O)OC2. The number of hydrogen-bond donors (Lipinski definition) is 2. The fourth-order valence-corrected chi connectivity index (χ4v) is 2.91. The van der Waals surface area contributed by atoms with Crippen molar-refractivity contribution >= 4 is 35.5 Å². The number of carbonyl (C=O) groups is 1. The number of nitrogens with one attached hydrogen (secondary N) is 1. The summed E-state index contributed by atoms with van der Waals surface area (Å²) in [5, 5.41) is 14.4. The van der Waals surface area contributed by atoms with Crippen LogP contribution in [0.15, 0.2) is 29.6 Å². The topological polar surface area (TPSA) is 58.6 Å². The largest absolute Gasteiger partial charge is 0.491 e. The lowest BCUT2D eigenvalue weighted by Gasteiger charge is -2.06. The molecule has 6 heteroatoms. The highest BCUT2D eigenvalue weighted by Crippen LogP contribution is 2.19. The first-order chi connectivity index (χ1) is 9.15. The summed E-state index contributed by atoms with van der Waals surface area (Å²) in [6.45, 7) is 2.32. The van der Waals surface area contributed by atoms with Gasteiger partial charge in [0.1, 0.15) is 0 Å². The van der Waals surface area contributed by atoms with Crippen molar-refractivity contribution in [2.24, 2.45) is 0 Å². The summed E-state index contributed by atoms with van der Waals surface area (Å²) in [5.41, 5.74) is 3.31. The molecule has 0 atom stereocenters. The molecule has 1 aliphatic heterocycles. The Kier molecular flexibility index (Phi) is 3.14. The molecular formula is C13H12BNO3S. The Labute approximate surface area is 115 Å². The van der Waals surface area contributed by atoms with Crippen LogP contribution in [0.4, 0.5) is 5.69 Å². The van der Waals surface area contributed by atoms with Crippen LogP contribution in [-0.2, 0) is 11.3 Å². The van der Waals surface area contributed by atoms with Crippen LogP contribution in [0.2, 0.25) is 0 Å². The van der Waals surface area contributed by atoms with Gasteiger partial charge in [-0.05, 0) is 47.1 Å². The van der Waals surface area contributed by atoms with Crippen molar-refractivity contribution in [2.75, 3.05) is 5.32 Å². The minimum absolute atomic E-state index is 0.124. The maximum Gasteiger partial charge on any atom is 0.491 e. The van der Waals surface area contributed by atoms with Crippen LogP contribution in [0.5, 0.6) is 0 Å². The predicted octanol–water partition coefficient (Wildman–Crippen LogP) is 1.53. The number of fused-ring (bicyclic) bond motifs is 1. The van der Waals surface area contributed by atoms with Gasteiger partial charge >= 0.3 is 7.12 Å². The van der Waals surface area contributed by atoms with E-state index in [1.165, 1.54) is 11.3 Å². The number of thiophene rings is 1. The highest BCUT2D eigenvalue weighted by Gasteiger charge is 2.27. The van der Waals surface area contributed by atoms with Crippen LogP contribution in [0.1, 0.15) is 20.8 Å². The molecule has 0 spiro atoms. The first-order valence-electron chi connectivity index (χ1n) is 5.93. The lowest BCUT2D eigenvalue weighted by molar-refractivity contribution is 0.103. The molecule has 19 heavy (non-hydrogen) atoms. The van der Waals surface area contributed by atoms with Gasteiger partial charge < -0.3 is 15.0 Å². The fraction of sp³-hybridized carbons (Fsp3) is 0.154. The number of rotatable bonds is 2. The summed E-state index contributed by atoms with van der Waals surface area (Å²) in [7, 11) is -0.893. The molecule has 0 fully saturated rings. The smallest absolute Gasteiger partial charge is 0.423 e. The van der Waals surface area contributed by atoms with Gasteiger partial charge in [-0.1, -0.05) is 6.07 Å². The molecule has 1 amide bonds. The monoisotopic (exact) mass is 273 g/mol. The summed E-state index contributed by atoms with van der Waals surface area (Å²) >= 11 is 1.42. The molecule has 4 nitrogen and oxygen atoms in total. The van der Waals surface area contributed by atoms with E-state index in [0.29, 0.717) is 17.2 Å². The fourth-order valence-electron chi connectivity index (χ4n) is 2.09. The number of aryl methyl sites for hydroxylation is 1. The molecule has 1 aromatic carbocycles. The van der Waals surface area contributed by atoms with E-state index in [9.17, 15) is 9.82 Å². The van der Waals surface area contributed by atoms with Crippen molar-refractivity contribution < 1.29 is 14.5 Å². The van der Waals surface area contributed by atoms with E-state index < -0.39 is 7.12 Å². The second kappa shape index (κ2) is 4.81. The minimum Gasteiger partial charge on any atom is -0.423 e. The highest BCUT2D eigenvalue weighted by molar-refractivity contribution is 7.12. The van der Waals surface area contributed by atoms with Gasteiger partial charge in [-0.15, -0.1) is 11.3 Å². The molecule has 1 aromatic heterocycles. The molecule has 1 aliphatic rings. The Morgan fingerprint density at radius 1 is 1.47 bits per heavy atom. The summed E-state index contributed by atoms with van der Waals surface area (Å²) in [6.07, 6.45) is 0. The summed E-state index contributed by atoms with van der Waals surface area (Å²) in [5.74, 6) is -0.124. The molecule has 0 saturated heterocycles. The van der Waals surface area contributed by atoms with E-state index in [2.05, 4.69) is 5.32 Å². The van der Waals surface area contributed by atoms with Crippen LogP contribution >= 0.6 is 11.3 Å². The quantitative estimate of drug-likeness (QED) is 0.816. The van der Waals surface area contributed by atoms with E-state index in [1.807, 2.05) is 30.5 Å². The van der Waals surface area contributed by atoms with Crippen LogP contribution in [0, 0.1) is 6.92 Å². The van der Waals surface area contributed by atoms with Crippen LogP contribution in [-0.4, -0.2) is 18.0 Å². The van der Waals surface area contributed by atoms with Gasteiger partial charge in [-0.2, -0.15) is 0 Å². The van der Waals surface area contributed by atoms with Crippen molar-refractivity contribution in [3.63, 3.8) is 0 Å². The van der Waals surface area contributed by atoms with E-state index in [1.54, 1.807) is 6.07 Å². The molecule has 2 aromatic rings. The lowest BCUT2D eigenvalue weighted by Crippen LogP contribution is -2.28. The van der Waals surface area contributed by atoms with Gasteiger partial charge in [0.05, 0.1) is 11.5 Å². The average molecular weight is 273 g/mol. The summed E-state index contributed by atoms with van der Waals surface area (Å²) < 4.78 is 5.12. The first-order valence-corrected chi connectivity index (χ1v) is 6.81. The molecule has 0 bridgehead atoms. The number of benzene rings is 1. The van der Waals surface area contributed by atoms with Crippen molar-refractivity contribution in [3.05, 3.63) is 45.6 Å². The third kappa shape index (κ3) is 2.30. The van der Waals surface area contributed by atoms with Crippen molar-refractivity contribution in [2.45, 2.75) is 13.5 Å². The molecular weight excluding hydrogens is 261 g/mol. The normalized spacial score (nSPS) is 13.5. The zero-order valence-electron chi connectivity index (χ0n) is 10.3. The Balaban J connectivity index is 1.83. The molecule has 0 radical (unpaired) electrons. The number of hydrogen-bond acceptors (Lipinski definition) is 4. The van der Waals surface area contributed by atoms with Gasteiger partial charge in [-0.3, -0.25) is 4.79 Å². The Bertz CT molecular complexity index is 641. The third-order valence-corrected chi connectivity index (χ3v) is 4.15. The standard InChI is InChI=1S/C13H12BNO3S/c1-8-4-5-19-12(8)13(16)15-10-3-2-9-7-18-14(17)11(9)6-10/h2-6,17H,7H2,1H3,(H,15,16). The lowest BCUT2D eigenvalue weighted by atomic mass is 9.79. The molecule has 3 rings (SSSR count). The second-order valence-corrected chi connectivity index (χ2v) is 5.38. The van der Waals surface area contributed by atoms with Crippen LogP contribution in [0.3, 0.4) is 0 Å². The number of amides is 1. The maximum atomic E-state index is 12.1. The Hall–Kier alpha value is -1.63. The molecule has 0 unspecified atom stereocenters. The van der Waals surface area contributed by atoms with Crippen LogP contribution < -0.4 is 10.8 Å². The first kappa shape index (κ1) is 12.4. The van der Waals surface area contributed by atoms with E-state index in [-0.39, 0.29) is 5.91 Å². The van der Waals surface area contributed by atoms with Gasteiger partial charge in [0, 0.05) is 5.69 Å². The number of anilines is 1. The maximum absolute atomic E-state index is 12.1. The average Bonchev–Trinajstić information content (AvgIpc) is 2.97. The zero-order chi connectivity index (χ0) is 13.4. The highest BCUT2D eigenvalue weighted by atomic mass is 32.1. The van der Waals surface area contributed by atoms with Gasteiger partial charge in [0.15, 0.2) is 0 Å². The summed E-state index contributed by atoms with van der Waals surface area (Å²) in [6, 6.07) is 7.36. The minimum atomic E-state index is -0.893. The predicted molar refractivity (Wildman–Crippen MR) is 75.8 cm³/mol. The Morgan fingerprint density at radius 2 is 2.32 bits per heavy atom. The number of carbonyl (C=O) groups excluding carboxylic acids is 1. The zero-order valence-corrected chi connectivity index (χ0v) is 11.2. The van der Waals surface area contributed by atoms with Crippen molar-refractivity contribution in [1.82, 2.24) is 0 Å². The molecule has 2 N–H and O–H groups in total.